The third kappa shape index (κ3) is 3.46. The van der Waals surface area contributed by atoms with Gasteiger partial charge in [0.25, 0.3) is 0 Å². The predicted octanol–water partition coefficient (Wildman–Crippen LogP) is 2.48. The van der Waals surface area contributed by atoms with Crippen molar-refractivity contribution in [3.8, 4) is 0 Å². The van der Waals surface area contributed by atoms with E-state index in [0.717, 1.165) is 31.0 Å². The third-order valence-electron chi connectivity index (χ3n) is 4.13. The van der Waals surface area contributed by atoms with Crippen LogP contribution in [-0.2, 0) is 0 Å². The van der Waals surface area contributed by atoms with Gasteiger partial charge in [-0.1, -0.05) is 33.1 Å². The third-order valence-corrected chi connectivity index (χ3v) is 4.13. The van der Waals surface area contributed by atoms with Gasteiger partial charge in [0.1, 0.15) is 0 Å². The highest BCUT2D eigenvalue weighted by Crippen LogP contribution is 2.33. The van der Waals surface area contributed by atoms with E-state index in [4.69, 9.17) is 5.73 Å². The molecular formula is C13H28N2. The molecule has 0 saturated heterocycles. The highest BCUT2D eigenvalue weighted by Gasteiger charge is 2.31. The molecule has 0 aromatic rings. The summed E-state index contributed by atoms with van der Waals surface area (Å²) >= 11 is 0. The standard InChI is InChI=1S/C13H28N2/c1-4-6-11-7-8-12(10-14)13(9-11)15(3)5-2/h11-13H,4-10,14H2,1-3H3. The van der Waals surface area contributed by atoms with Crippen LogP contribution in [-0.4, -0.2) is 31.1 Å². The Morgan fingerprint density at radius 1 is 1.27 bits per heavy atom. The van der Waals surface area contributed by atoms with Crippen LogP contribution in [0.4, 0.5) is 0 Å². The Morgan fingerprint density at radius 2 is 2.00 bits per heavy atom. The second-order valence-electron chi connectivity index (χ2n) is 5.10. The number of rotatable bonds is 5. The molecule has 0 aliphatic heterocycles. The number of nitrogens with two attached hydrogens (primary N) is 1. The summed E-state index contributed by atoms with van der Waals surface area (Å²) in [4.78, 5) is 2.50. The minimum absolute atomic E-state index is 0.739. The van der Waals surface area contributed by atoms with E-state index in [9.17, 15) is 0 Å². The highest BCUT2D eigenvalue weighted by atomic mass is 15.1. The van der Waals surface area contributed by atoms with E-state index < -0.39 is 0 Å². The molecule has 3 unspecified atom stereocenters. The molecule has 1 fully saturated rings. The van der Waals surface area contributed by atoms with Crippen LogP contribution in [0.3, 0.4) is 0 Å². The lowest BCUT2D eigenvalue weighted by molar-refractivity contribution is 0.104. The van der Waals surface area contributed by atoms with Gasteiger partial charge in [-0.2, -0.15) is 0 Å². The first-order chi connectivity index (χ1) is 7.22. The summed E-state index contributed by atoms with van der Waals surface area (Å²) in [7, 11) is 2.25. The summed E-state index contributed by atoms with van der Waals surface area (Å²) in [6.45, 7) is 6.57. The van der Waals surface area contributed by atoms with E-state index in [-0.39, 0.29) is 0 Å². The van der Waals surface area contributed by atoms with E-state index >= 15 is 0 Å². The van der Waals surface area contributed by atoms with Gasteiger partial charge < -0.3 is 10.6 Å². The van der Waals surface area contributed by atoms with Crippen molar-refractivity contribution < 1.29 is 0 Å². The molecule has 0 radical (unpaired) electrons. The lowest BCUT2D eigenvalue weighted by Crippen LogP contribution is -2.45. The fraction of sp³-hybridized carbons (Fsp3) is 1.00. The van der Waals surface area contributed by atoms with Gasteiger partial charge in [-0.3, -0.25) is 0 Å². The fourth-order valence-electron chi connectivity index (χ4n) is 3.01. The Hall–Kier alpha value is -0.0800. The van der Waals surface area contributed by atoms with Gasteiger partial charge >= 0.3 is 0 Å². The maximum atomic E-state index is 5.88. The second-order valence-corrected chi connectivity index (χ2v) is 5.10. The van der Waals surface area contributed by atoms with Crippen molar-refractivity contribution in [2.75, 3.05) is 20.1 Å². The molecule has 90 valence electrons. The normalized spacial score (nSPS) is 32.2. The minimum Gasteiger partial charge on any atom is -0.330 e. The topological polar surface area (TPSA) is 29.3 Å². The van der Waals surface area contributed by atoms with Crippen molar-refractivity contribution in [1.82, 2.24) is 4.90 Å². The Labute approximate surface area is 95.2 Å². The highest BCUT2D eigenvalue weighted by molar-refractivity contribution is 4.85. The molecule has 0 aromatic heterocycles. The zero-order chi connectivity index (χ0) is 11.3. The smallest absolute Gasteiger partial charge is 0.0135 e. The molecule has 0 heterocycles. The van der Waals surface area contributed by atoms with Crippen LogP contribution >= 0.6 is 0 Å². The Kier molecular flexibility index (Phi) is 5.62. The summed E-state index contributed by atoms with van der Waals surface area (Å²) in [5.74, 6) is 1.69. The molecule has 0 bridgehead atoms. The summed E-state index contributed by atoms with van der Waals surface area (Å²) in [6, 6.07) is 0.741. The average molecular weight is 212 g/mol. The maximum absolute atomic E-state index is 5.88. The Morgan fingerprint density at radius 3 is 2.53 bits per heavy atom. The zero-order valence-electron chi connectivity index (χ0n) is 10.7. The van der Waals surface area contributed by atoms with Crippen LogP contribution in [0.15, 0.2) is 0 Å². The number of nitrogens with zero attached hydrogens (tertiary/aromatic N) is 1. The van der Waals surface area contributed by atoms with Crippen molar-refractivity contribution >= 4 is 0 Å². The van der Waals surface area contributed by atoms with Crippen molar-refractivity contribution in [3.63, 3.8) is 0 Å². The molecule has 0 amide bonds. The van der Waals surface area contributed by atoms with Gasteiger partial charge in [0, 0.05) is 6.04 Å². The van der Waals surface area contributed by atoms with Gasteiger partial charge in [-0.05, 0) is 44.8 Å². The van der Waals surface area contributed by atoms with E-state index in [2.05, 4.69) is 25.8 Å². The molecule has 1 rings (SSSR count). The average Bonchev–Trinajstić information content (AvgIpc) is 2.28. The fourth-order valence-corrected chi connectivity index (χ4v) is 3.01. The van der Waals surface area contributed by atoms with E-state index in [0.29, 0.717) is 0 Å². The lowest BCUT2D eigenvalue weighted by Gasteiger charge is -2.40. The first kappa shape index (κ1) is 13.0. The van der Waals surface area contributed by atoms with Crippen molar-refractivity contribution in [3.05, 3.63) is 0 Å². The molecule has 2 N–H and O–H groups in total. The van der Waals surface area contributed by atoms with Gasteiger partial charge in [0.15, 0.2) is 0 Å². The molecule has 0 aromatic carbocycles. The van der Waals surface area contributed by atoms with E-state index in [1.807, 2.05) is 0 Å². The summed E-state index contributed by atoms with van der Waals surface area (Å²) < 4.78 is 0. The predicted molar refractivity (Wildman–Crippen MR) is 66.9 cm³/mol. The molecule has 1 aliphatic carbocycles. The SMILES string of the molecule is CCCC1CCC(CN)C(N(C)CC)C1. The molecule has 2 heteroatoms. The van der Waals surface area contributed by atoms with Crippen LogP contribution in [0.25, 0.3) is 0 Å². The van der Waals surface area contributed by atoms with E-state index in [1.54, 1.807) is 0 Å². The van der Waals surface area contributed by atoms with Crippen LogP contribution in [0, 0.1) is 11.8 Å². The van der Waals surface area contributed by atoms with Gasteiger partial charge in [-0.25, -0.2) is 0 Å². The van der Waals surface area contributed by atoms with Crippen molar-refractivity contribution in [2.45, 2.75) is 52.0 Å². The molecular weight excluding hydrogens is 184 g/mol. The Balaban J connectivity index is 2.52. The first-order valence-corrected chi connectivity index (χ1v) is 6.63. The van der Waals surface area contributed by atoms with Crippen LogP contribution < -0.4 is 5.73 Å². The summed E-state index contributed by atoms with van der Waals surface area (Å²) in [5.41, 5.74) is 5.88. The van der Waals surface area contributed by atoms with Crippen molar-refractivity contribution in [1.29, 1.82) is 0 Å². The number of hydrogen-bond acceptors (Lipinski definition) is 2. The number of hydrogen-bond donors (Lipinski definition) is 1. The minimum atomic E-state index is 0.739. The summed E-state index contributed by atoms with van der Waals surface area (Å²) in [5, 5.41) is 0. The maximum Gasteiger partial charge on any atom is 0.0135 e. The summed E-state index contributed by atoms with van der Waals surface area (Å²) in [6.07, 6.45) is 6.87. The van der Waals surface area contributed by atoms with Gasteiger partial charge in [0.2, 0.25) is 0 Å². The molecule has 2 nitrogen and oxygen atoms in total. The zero-order valence-corrected chi connectivity index (χ0v) is 10.7. The monoisotopic (exact) mass is 212 g/mol. The van der Waals surface area contributed by atoms with Crippen LogP contribution in [0.5, 0.6) is 0 Å². The quantitative estimate of drug-likeness (QED) is 0.758. The Bertz CT molecular complexity index is 170. The molecule has 1 aliphatic rings. The second kappa shape index (κ2) is 6.49. The molecule has 15 heavy (non-hydrogen) atoms. The first-order valence-electron chi connectivity index (χ1n) is 6.63. The molecule has 0 spiro atoms. The molecule has 1 saturated carbocycles. The van der Waals surface area contributed by atoms with Gasteiger partial charge in [0.05, 0.1) is 0 Å². The lowest BCUT2D eigenvalue weighted by atomic mass is 9.76. The van der Waals surface area contributed by atoms with E-state index in [1.165, 1.54) is 32.1 Å². The van der Waals surface area contributed by atoms with Gasteiger partial charge in [-0.15, -0.1) is 0 Å². The van der Waals surface area contributed by atoms with Crippen LogP contribution in [0.1, 0.15) is 46.0 Å². The molecule has 3 atom stereocenters. The largest absolute Gasteiger partial charge is 0.330 e. The van der Waals surface area contributed by atoms with Crippen molar-refractivity contribution in [2.24, 2.45) is 17.6 Å². The van der Waals surface area contributed by atoms with Crippen LogP contribution in [0.2, 0.25) is 0 Å².